The first-order valence-corrected chi connectivity index (χ1v) is 9.50. The summed E-state index contributed by atoms with van der Waals surface area (Å²) in [6, 6.07) is 1.77. The van der Waals surface area contributed by atoms with Crippen LogP contribution in [0, 0.1) is 17.3 Å². The van der Waals surface area contributed by atoms with Gasteiger partial charge in [0.1, 0.15) is 0 Å². The summed E-state index contributed by atoms with van der Waals surface area (Å²) in [5.41, 5.74) is 0.505. The molecule has 2 nitrogen and oxygen atoms in total. The maximum Gasteiger partial charge on any atom is 0.00965 e. The van der Waals surface area contributed by atoms with Crippen LogP contribution in [0.4, 0.5) is 0 Å². The Hall–Kier alpha value is -0.0800. The molecule has 3 atom stereocenters. The van der Waals surface area contributed by atoms with Crippen LogP contribution in [-0.2, 0) is 0 Å². The van der Waals surface area contributed by atoms with Crippen molar-refractivity contribution in [3.63, 3.8) is 0 Å². The molecule has 3 rings (SSSR count). The van der Waals surface area contributed by atoms with Crippen LogP contribution in [0.15, 0.2) is 0 Å². The van der Waals surface area contributed by atoms with Gasteiger partial charge < -0.3 is 10.2 Å². The summed E-state index contributed by atoms with van der Waals surface area (Å²) in [5, 5.41) is 3.93. The molecule has 1 aliphatic heterocycles. The van der Waals surface area contributed by atoms with Crippen LogP contribution in [0.2, 0.25) is 0 Å². The summed E-state index contributed by atoms with van der Waals surface area (Å²) >= 11 is 0. The third-order valence-electron chi connectivity index (χ3n) is 6.27. The van der Waals surface area contributed by atoms with Crippen LogP contribution in [0.1, 0.15) is 72.1 Å². The van der Waals surface area contributed by atoms with Gasteiger partial charge in [0.05, 0.1) is 0 Å². The second kappa shape index (κ2) is 6.58. The third-order valence-corrected chi connectivity index (χ3v) is 6.27. The fourth-order valence-electron chi connectivity index (χ4n) is 4.51. The number of likely N-dealkylation sites (tertiary alicyclic amines) is 1. The lowest BCUT2D eigenvalue weighted by Gasteiger charge is -2.29. The first kappa shape index (κ1) is 15.8. The van der Waals surface area contributed by atoms with Crippen LogP contribution in [0.5, 0.6) is 0 Å². The molecule has 0 aromatic heterocycles. The van der Waals surface area contributed by atoms with Crippen molar-refractivity contribution in [3.8, 4) is 0 Å². The molecular formula is C19H36N2. The topological polar surface area (TPSA) is 15.3 Å². The van der Waals surface area contributed by atoms with Gasteiger partial charge in [0.15, 0.2) is 0 Å². The van der Waals surface area contributed by atoms with Crippen molar-refractivity contribution >= 4 is 0 Å². The Morgan fingerprint density at radius 2 is 1.76 bits per heavy atom. The first-order valence-electron chi connectivity index (χ1n) is 9.50. The quantitative estimate of drug-likeness (QED) is 0.786. The molecule has 1 saturated heterocycles. The standard InChI is InChI=1S/C19H36N2/c1-19(2,3)16-5-4-6-17(8-7-16)20-13-15-11-12-21(14-15)18-9-10-18/h15-18,20H,4-14H2,1-3H3. The van der Waals surface area contributed by atoms with Gasteiger partial charge in [-0.05, 0) is 75.3 Å². The monoisotopic (exact) mass is 292 g/mol. The van der Waals surface area contributed by atoms with E-state index in [1.807, 2.05) is 0 Å². The number of hydrogen-bond donors (Lipinski definition) is 1. The van der Waals surface area contributed by atoms with Gasteiger partial charge in [-0.15, -0.1) is 0 Å². The van der Waals surface area contributed by atoms with Gasteiger partial charge in [-0.1, -0.05) is 27.2 Å². The molecular weight excluding hydrogens is 256 g/mol. The molecule has 21 heavy (non-hydrogen) atoms. The van der Waals surface area contributed by atoms with Gasteiger partial charge in [0, 0.05) is 18.6 Å². The zero-order valence-electron chi connectivity index (χ0n) is 14.5. The van der Waals surface area contributed by atoms with Gasteiger partial charge in [0.25, 0.3) is 0 Å². The van der Waals surface area contributed by atoms with Gasteiger partial charge in [-0.3, -0.25) is 0 Å². The summed E-state index contributed by atoms with van der Waals surface area (Å²) in [5.74, 6) is 1.86. The molecule has 2 aliphatic carbocycles. The lowest BCUT2D eigenvalue weighted by Crippen LogP contribution is -2.34. The van der Waals surface area contributed by atoms with E-state index in [1.54, 1.807) is 0 Å². The molecule has 0 aromatic carbocycles. The second-order valence-electron chi connectivity index (χ2n) is 9.06. The SMILES string of the molecule is CC(C)(C)C1CCCC(NCC2CCN(C3CC3)C2)CC1. The molecule has 0 aromatic rings. The smallest absolute Gasteiger partial charge is 0.00965 e. The summed E-state index contributed by atoms with van der Waals surface area (Å²) < 4.78 is 0. The number of nitrogens with one attached hydrogen (secondary N) is 1. The van der Waals surface area contributed by atoms with E-state index in [4.69, 9.17) is 0 Å². The predicted molar refractivity (Wildman–Crippen MR) is 90.5 cm³/mol. The summed E-state index contributed by atoms with van der Waals surface area (Å²) in [4.78, 5) is 2.75. The van der Waals surface area contributed by atoms with Gasteiger partial charge in [-0.25, -0.2) is 0 Å². The van der Waals surface area contributed by atoms with Crippen LogP contribution in [0.3, 0.4) is 0 Å². The van der Waals surface area contributed by atoms with Crippen LogP contribution in [-0.4, -0.2) is 36.6 Å². The summed E-state index contributed by atoms with van der Waals surface area (Å²) in [6.07, 6.45) is 11.5. The zero-order chi connectivity index (χ0) is 14.9. The van der Waals surface area contributed by atoms with E-state index in [2.05, 4.69) is 31.0 Å². The second-order valence-corrected chi connectivity index (χ2v) is 9.06. The minimum atomic E-state index is 0.505. The van der Waals surface area contributed by atoms with Crippen molar-refractivity contribution in [1.29, 1.82) is 0 Å². The highest BCUT2D eigenvalue weighted by Crippen LogP contribution is 2.37. The number of rotatable bonds is 4. The molecule has 1 N–H and O–H groups in total. The Morgan fingerprint density at radius 3 is 2.48 bits per heavy atom. The van der Waals surface area contributed by atoms with Crippen molar-refractivity contribution in [2.45, 2.75) is 84.2 Å². The highest BCUT2D eigenvalue weighted by Gasteiger charge is 2.34. The molecule has 3 fully saturated rings. The lowest BCUT2D eigenvalue weighted by atomic mass is 9.76. The van der Waals surface area contributed by atoms with Gasteiger partial charge in [0.2, 0.25) is 0 Å². The number of nitrogens with zero attached hydrogens (tertiary/aromatic N) is 1. The van der Waals surface area contributed by atoms with Crippen LogP contribution < -0.4 is 5.32 Å². The molecule has 122 valence electrons. The average Bonchev–Trinajstić information content (AvgIpc) is 3.20. The van der Waals surface area contributed by atoms with Gasteiger partial charge in [-0.2, -0.15) is 0 Å². The molecule has 3 unspecified atom stereocenters. The summed E-state index contributed by atoms with van der Waals surface area (Å²) in [7, 11) is 0. The molecule has 1 heterocycles. The zero-order valence-corrected chi connectivity index (χ0v) is 14.5. The lowest BCUT2D eigenvalue weighted by molar-refractivity contribution is 0.213. The van der Waals surface area contributed by atoms with E-state index in [0.29, 0.717) is 5.41 Å². The van der Waals surface area contributed by atoms with E-state index in [1.165, 1.54) is 71.0 Å². The fourth-order valence-corrected chi connectivity index (χ4v) is 4.51. The predicted octanol–water partition coefficient (Wildman–Crippen LogP) is 4.06. The summed E-state index contributed by atoms with van der Waals surface area (Å²) in [6.45, 7) is 11.3. The molecule has 0 radical (unpaired) electrons. The molecule has 0 bridgehead atoms. The minimum absolute atomic E-state index is 0.505. The van der Waals surface area contributed by atoms with E-state index in [0.717, 1.165) is 23.9 Å². The maximum atomic E-state index is 3.93. The van der Waals surface area contributed by atoms with Crippen molar-refractivity contribution in [2.24, 2.45) is 17.3 Å². The largest absolute Gasteiger partial charge is 0.314 e. The van der Waals surface area contributed by atoms with Crippen LogP contribution >= 0.6 is 0 Å². The Kier molecular flexibility index (Phi) is 4.95. The van der Waals surface area contributed by atoms with E-state index < -0.39 is 0 Å². The minimum Gasteiger partial charge on any atom is -0.314 e. The van der Waals surface area contributed by atoms with Crippen LogP contribution in [0.25, 0.3) is 0 Å². The Labute approximate surface area is 132 Å². The molecule has 2 saturated carbocycles. The highest BCUT2D eigenvalue weighted by molar-refractivity contribution is 4.90. The van der Waals surface area contributed by atoms with Crippen molar-refractivity contribution in [1.82, 2.24) is 10.2 Å². The average molecular weight is 293 g/mol. The first-order chi connectivity index (χ1) is 10.0. The van der Waals surface area contributed by atoms with Crippen molar-refractivity contribution < 1.29 is 0 Å². The van der Waals surface area contributed by atoms with Crippen molar-refractivity contribution in [3.05, 3.63) is 0 Å². The molecule has 2 heteroatoms. The van der Waals surface area contributed by atoms with E-state index in [9.17, 15) is 0 Å². The normalized spacial score (nSPS) is 35.9. The number of hydrogen-bond acceptors (Lipinski definition) is 2. The third kappa shape index (κ3) is 4.45. The van der Waals surface area contributed by atoms with Crippen molar-refractivity contribution in [2.75, 3.05) is 19.6 Å². The fraction of sp³-hybridized carbons (Fsp3) is 1.00. The Balaban J connectivity index is 1.38. The molecule has 0 spiro atoms. The maximum absolute atomic E-state index is 3.93. The highest BCUT2D eigenvalue weighted by atomic mass is 15.2. The van der Waals surface area contributed by atoms with Gasteiger partial charge >= 0.3 is 0 Å². The molecule has 3 aliphatic rings. The van der Waals surface area contributed by atoms with E-state index in [-0.39, 0.29) is 0 Å². The van der Waals surface area contributed by atoms with E-state index >= 15 is 0 Å². The Bertz CT molecular complexity index is 329. The Morgan fingerprint density at radius 1 is 0.952 bits per heavy atom. The molecule has 0 amide bonds.